The van der Waals surface area contributed by atoms with Crippen LogP contribution in [0, 0.1) is 0 Å². The number of ether oxygens (including phenoxy) is 2. The van der Waals surface area contributed by atoms with Crippen LogP contribution in [0.1, 0.15) is 24.5 Å². The lowest BCUT2D eigenvalue weighted by Gasteiger charge is -2.33. The molecule has 2 unspecified atom stereocenters. The van der Waals surface area contributed by atoms with Gasteiger partial charge >= 0.3 is 0 Å². The van der Waals surface area contributed by atoms with Gasteiger partial charge in [-0.25, -0.2) is 0 Å². The van der Waals surface area contributed by atoms with E-state index in [1.165, 1.54) is 5.56 Å². The molecule has 0 spiro atoms. The topological polar surface area (TPSA) is 42.0 Å². The maximum Gasteiger partial charge on any atom is 0.250 e. The lowest BCUT2D eigenvalue weighted by Crippen LogP contribution is -2.42. The Kier molecular flexibility index (Phi) is 6.44. The van der Waals surface area contributed by atoms with Crippen molar-refractivity contribution < 1.29 is 14.3 Å². The number of thiol groups is 1. The fourth-order valence-electron chi connectivity index (χ4n) is 4.14. The summed E-state index contributed by atoms with van der Waals surface area (Å²) < 4.78 is 10.3. The van der Waals surface area contributed by atoms with Crippen LogP contribution in [0.3, 0.4) is 0 Å². The van der Waals surface area contributed by atoms with Crippen LogP contribution >= 0.6 is 12.6 Å². The molecule has 29 heavy (non-hydrogen) atoms. The molecule has 3 aliphatic rings. The standard InChI is InChI=1S/C23H30N2O3S/c1-18-17-28-14-11-25(18)16-19-4-6-21(7-5-19)23(29)8-2-3-20(15-23)22(26)24-9-12-27-13-10-24/h2,4-8,15,18,29H,3,9-14,16-17H2,1H3. The number of allylic oxidation sites excluding steroid dienone is 1. The van der Waals surface area contributed by atoms with Gasteiger partial charge in [0.05, 0.1) is 31.2 Å². The highest BCUT2D eigenvalue weighted by Crippen LogP contribution is 2.37. The Hall–Kier alpha value is -1.60. The van der Waals surface area contributed by atoms with Crippen molar-refractivity contribution in [3.63, 3.8) is 0 Å². The number of morpholine rings is 2. The summed E-state index contributed by atoms with van der Waals surface area (Å²) in [5, 5.41) is 0. The molecular weight excluding hydrogens is 384 g/mol. The van der Waals surface area contributed by atoms with Crippen LogP contribution in [0.5, 0.6) is 0 Å². The van der Waals surface area contributed by atoms with E-state index < -0.39 is 4.75 Å². The van der Waals surface area contributed by atoms with Gasteiger partial charge in [-0.1, -0.05) is 42.5 Å². The second kappa shape index (κ2) is 9.04. The van der Waals surface area contributed by atoms with Gasteiger partial charge in [-0.3, -0.25) is 9.69 Å². The summed E-state index contributed by atoms with van der Waals surface area (Å²) in [4.78, 5) is 17.2. The number of carbonyl (C=O) groups excluding carboxylic acids is 1. The molecule has 5 nitrogen and oxygen atoms in total. The van der Waals surface area contributed by atoms with E-state index in [0.29, 0.717) is 38.8 Å². The Bertz CT molecular complexity index is 786. The molecule has 2 atom stereocenters. The van der Waals surface area contributed by atoms with E-state index in [0.717, 1.165) is 37.4 Å². The van der Waals surface area contributed by atoms with Gasteiger partial charge < -0.3 is 14.4 Å². The quantitative estimate of drug-likeness (QED) is 0.608. The van der Waals surface area contributed by atoms with Crippen molar-refractivity contribution in [1.82, 2.24) is 9.80 Å². The molecule has 0 saturated carbocycles. The number of hydrogen-bond acceptors (Lipinski definition) is 5. The summed E-state index contributed by atoms with van der Waals surface area (Å²) in [6.45, 7) is 8.26. The lowest BCUT2D eigenvalue weighted by molar-refractivity contribution is -0.131. The number of carbonyl (C=O) groups is 1. The maximum atomic E-state index is 12.9. The molecule has 1 amide bonds. The van der Waals surface area contributed by atoms with E-state index in [2.05, 4.69) is 48.2 Å². The van der Waals surface area contributed by atoms with Crippen molar-refractivity contribution in [2.45, 2.75) is 30.7 Å². The summed E-state index contributed by atoms with van der Waals surface area (Å²) in [7, 11) is 0. The number of hydrogen-bond donors (Lipinski definition) is 1. The van der Waals surface area contributed by atoms with Crippen molar-refractivity contribution in [1.29, 1.82) is 0 Å². The smallest absolute Gasteiger partial charge is 0.250 e. The maximum absolute atomic E-state index is 12.9. The highest BCUT2D eigenvalue weighted by atomic mass is 32.1. The SMILES string of the molecule is CC1COCCN1Cc1ccc(C2(S)C=CCC(C(=O)N3CCOCC3)=C2)cc1. The van der Waals surface area contributed by atoms with Crippen LogP contribution in [0.2, 0.25) is 0 Å². The van der Waals surface area contributed by atoms with Crippen LogP contribution in [0.4, 0.5) is 0 Å². The monoisotopic (exact) mass is 414 g/mol. The summed E-state index contributed by atoms with van der Waals surface area (Å²) in [6.07, 6.45) is 6.83. The molecule has 2 saturated heterocycles. The minimum absolute atomic E-state index is 0.106. The Morgan fingerprint density at radius 2 is 1.86 bits per heavy atom. The van der Waals surface area contributed by atoms with Crippen LogP contribution < -0.4 is 0 Å². The van der Waals surface area contributed by atoms with Gasteiger partial charge in [0.2, 0.25) is 5.91 Å². The first-order valence-electron chi connectivity index (χ1n) is 10.5. The zero-order chi connectivity index (χ0) is 20.3. The first kappa shape index (κ1) is 20.7. The first-order valence-corrected chi connectivity index (χ1v) is 10.9. The molecule has 0 aromatic heterocycles. The van der Waals surface area contributed by atoms with Gasteiger partial charge in [0.15, 0.2) is 0 Å². The number of rotatable bonds is 4. The van der Waals surface area contributed by atoms with Gasteiger partial charge in [-0.2, -0.15) is 12.6 Å². The molecule has 2 aliphatic heterocycles. The van der Waals surface area contributed by atoms with Crippen molar-refractivity contribution >= 4 is 18.5 Å². The highest BCUT2D eigenvalue weighted by Gasteiger charge is 2.29. The van der Waals surface area contributed by atoms with Crippen molar-refractivity contribution in [2.24, 2.45) is 0 Å². The molecular formula is C23H30N2O3S. The third-order valence-electron chi connectivity index (χ3n) is 5.98. The molecule has 4 rings (SSSR count). The fourth-order valence-corrected chi connectivity index (χ4v) is 4.55. The van der Waals surface area contributed by atoms with Crippen molar-refractivity contribution in [3.05, 3.63) is 59.2 Å². The van der Waals surface area contributed by atoms with Crippen LogP contribution in [-0.4, -0.2) is 67.8 Å². The van der Waals surface area contributed by atoms with E-state index >= 15 is 0 Å². The van der Waals surface area contributed by atoms with Crippen LogP contribution in [0.25, 0.3) is 0 Å². The molecule has 1 aromatic rings. The second-order valence-electron chi connectivity index (χ2n) is 8.10. The lowest BCUT2D eigenvalue weighted by atomic mass is 9.89. The predicted molar refractivity (Wildman–Crippen MR) is 117 cm³/mol. The molecule has 156 valence electrons. The van der Waals surface area contributed by atoms with E-state index in [4.69, 9.17) is 22.1 Å². The Labute approximate surface area is 178 Å². The highest BCUT2D eigenvalue weighted by molar-refractivity contribution is 7.81. The third kappa shape index (κ3) is 4.77. The molecule has 0 N–H and O–H groups in total. The average Bonchev–Trinajstić information content (AvgIpc) is 2.76. The predicted octanol–water partition coefficient (Wildman–Crippen LogP) is 2.78. The van der Waals surface area contributed by atoms with E-state index in [1.54, 1.807) is 0 Å². The second-order valence-corrected chi connectivity index (χ2v) is 8.84. The summed E-state index contributed by atoms with van der Waals surface area (Å²) in [6, 6.07) is 9.06. The first-order chi connectivity index (χ1) is 14.0. The largest absolute Gasteiger partial charge is 0.379 e. The molecule has 1 aliphatic carbocycles. The Morgan fingerprint density at radius 3 is 2.59 bits per heavy atom. The normalized spacial score (nSPS) is 28.3. The van der Waals surface area contributed by atoms with Crippen molar-refractivity contribution in [2.75, 3.05) is 46.1 Å². The van der Waals surface area contributed by atoms with Crippen LogP contribution in [0.15, 0.2) is 48.1 Å². The zero-order valence-corrected chi connectivity index (χ0v) is 17.9. The van der Waals surface area contributed by atoms with Gasteiger partial charge in [-0.15, -0.1) is 0 Å². The third-order valence-corrected chi connectivity index (χ3v) is 6.52. The average molecular weight is 415 g/mol. The van der Waals surface area contributed by atoms with Gasteiger partial charge in [0, 0.05) is 37.8 Å². The van der Waals surface area contributed by atoms with E-state index in [-0.39, 0.29) is 5.91 Å². The van der Waals surface area contributed by atoms with Crippen molar-refractivity contribution in [3.8, 4) is 0 Å². The molecule has 0 bridgehead atoms. The zero-order valence-electron chi connectivity index (χ0n) is 17.0. The minimum Gasteiger partial charge on any atom is -0.379 e. The van der Waals surface area contributed by atoms with Gasteiger partial charge in [-0.05, 0) is 24.5 Å². The molecule has 2 heterocycles. The molecule has 0 radical (unpaired) electrons. The van der Waals surface area contributed by atoms with Gasteiger partial charge in [0.25, 0.3) is 0 Å². The summed E-state index contributed by atoms with van der Waals surface area (Å²) >= 11 is 4.95. The number of amides is 1. The molecule has 6 heteroatoms. The number of nitrogens with zero attached hydrogens (tertiary/aromatic N) is 2. The minimum atomic E-state index is -0.555. The van der Waals surface area contributed by atoms with Crippen LogP contribution in [-0.2, 0) is 25.6 Å². The molecule has 1 aromatic carbocycles. The molecule has 2 fully saturated rings. The summed E-state index contributed by atoms with van der Waals surface area (Å²) in [5.41, 5.74) is 3.19. The fraction of sp³-hybridized carbons (Fsp3) is 0.522. The van der Waals surface area contributed by atoms with Gasteiger partial charge in [0.1, 0.15) is 0 Å². The van der Waals surface area contributed by atoms with E-state index in [1.807, 2.05) is 11.0 Å². The Balaban J connectivity index is 1.47. The number of benzene rings is 1. The summed E-state index contributed by atoms with van der Waals surface area (Å²) in [5.74, 6) is 0.106. The van der Waals surface area contributed by atoms with E-state index in [9.17, 15) is 4.79 Å². The Morgan fingerprint density at radius 1 is 1.14 bits per heavy atom.